The van der Waals surface area contributed by atoms with Crippen molar-refractivity contribution in [3.8, 4) is 0 Å². The molecule has 1 aromatic carbocycles. The van der Waals surface area contributed by atoms with E-state index in [-0.39, 0.29) is 5.78 Å². The number of hydrogen-bond donors (Lipinski definition) is 1. The van der Waals surface area contributed by atoms with Gasteiger partial charge in [-0.15, -0.1) is 0 Å². The summed E-state index contributed by atoms with van der Waals surface area (Å²) in [6.45, 7) is 0. The fourth-order valence-corrected chi connectivity index (χ4v) is 2.29. The number of benzene rings is 1. The molecule has 1 aliphatic rings. The van der Waals surface area contributed by atoms with Crippen molar-refractivity contribution in [1.82, 2.24) is 5.32 Å². The summed E-state index contributed by atoms with van der Waals surface area (Å²) in [7, 11) is 1.79. The molecule has 0 bridgehead atoms. The van der Waals surface area contributed by atoms with E-state index >= 15 is 0 Å². The van der Waals surface area contributed by atoms with Gasteiger partial charge in [0.05, 0.1) is 0 Å². The molecule has 0 saturated heterocycles. The molecular formula is C12H12ClNO. The smallest absolute Gasteiger partial charge is 0.180 e. The molecule has 15 heavy (non-hydrogen) atoms. The van der Waals surface area contributed by atoms with Gasteiger partial charge in [-0.05, 0) is 31.2 Å². The minimum atomic E-state index is -0.654. The van der Waals surface area contributed by atoms with Crippen LogP contribution in [0.15, 0.2) is 36.4 Å². The number of rotatable bonds is 2. The van der Waals surface area contributed by atoms with Crippen LogP contribution in [0.5, 0.6) is 0 Å². The van der Waals surface area contributed by atoms with Crippen molar-refractivity contribution in [2.45, 2.75) is 12.0 Å². The summed E-state index contributed by atoms with van der Waals surface area (Å²) in [6.07, 6.45) is 4.15. The van der Waals surface area contributed by atoms with Crippen molar-refractivity contribution < 1.29 is 4.79 Å². The SMILES string of the molecule is CNC1(c2ccccc2Cl)CC=CC1=O. The van der Waals surface area contributed by atoms with Crippen molar-refractivity contribution in [2.75, 3.05) is 7.05 Å². The maximum Gasteiger partial charge on any atom is 0.180 e. The van der Waals surface area contributed by atoms with E-state index in [2.05, 4.69) is 5.32 Å². The zero-order valence-electron chi connectivity index (χ0n) is 8.46. The van der Waals surface area contributed by atoms with Gasteiger partial charge in [-0.3, -0.25) is 4.79 Å². The molecule has 2 nitrogen and oxygen atoms in total. The van der Waals surface area contributed by atoms with Crippen LogP contribution in [0.2, 0.25) is 5.02 Å². The highest BCUT2D eigenvalue weighted by Gasteiger charge is 2.40. The van der Waals surface area contributed by atoms with Crippen molar-refractivity contribution in [3.05, 3.63) is 47.0 Å². The molecule has 1 N–H and O–H groups in total. The van der Waals surface area contributed by atoms with Crippen molar-refractivity contribution >= 4 is 17.4 Å². The molecule has 0 heterocycles. The summed E-state index contributed by atoms with van der Waals surface area (Å²) in [5.41, 5.74) is 0.197. The van der Waals surface area contributed by atoms with E-state index in [1.54, 1.807) is 13.1 Å². The maximum absolute atomic E-state index is 11.9. The topological polar surface area (TPSA) is 29.1 Å². The van der Waals surface area contributed by atoms with Crippen LogP contribution in [0.1, 0.15) is 12.0 Å². The van der Waals surface area contributed by atoms with E-state index in [1.165, 1.54) is 0 Å². The molecule has 0 amide bonds. The fourth-order valence-electron chi connectivity index (χ4n) is 2.00. The Balaban J connectivity index is 2.53. The molecule has 0 aliphatic heterocycles. The van der Waals surface area contributed by atoms with E-state index in [4.69, 9.17) is 11.6 Å². The number of likely N-dealkylation sites (N-methyl/N-ethyl adjacent to an activating group) is 1. The number of hydrogen-bond acceptors (Lipinski definition) is 2. The third-order valence-corrected chi connectivity index (χ3v) is 3.20. The highest BCUT2D eigenvalue weighted by Crippen LogP contribution is 2.35. The van der Waals surface area contributed by atoms with Gasteiger partial charge in [0.15, 0.2) is 5.78 Å². The molecule has 0 saturated carbocycles. The Bertz CT molecular complexity index is 427. The van der Waals surface area contributed by atoms with Crippen molar-refractivity contribution in [2.24, 2.45) is 0 Å². The van der Waals surface area contributed by atoms with E-state index in [0.717, 1.165) is 5.56 Å². The lowest BCUT2D eigenvalue weighted by molar-refractivity contribution is -0.119. The van der Waals surface area contributed by atoms with Gasteiger partial charge in [0, 0.05) is 5.02 Å². The molecule has 78 valence electrons. The molecule has 1 atom stereocenters. The molecule has 1 unspecified atom stereocenters. The van der Waals surface area contributed by atoms with Gasteiger partial charge >= 0.3 is 0 Å². The van der Waals surface area contributed by atoms with E-state index in [9.17, 15) is 4.79 Å². The standard InChI is InChI=1S/C12H12ClNO/c1-14-12(8-4-7-11(12)15)9-5-2-3-6-10(9)13/h2-7,14H,8H2,1H3. The molecule has 1 aromatic rings. The minimum absolute atomic E-state index is 0.0677. The first-order chi connectivity index (χ1) is 7.20. The second-order valence-corrected chi connectivity index (χ2v) is 4.01. The number of carbonyl (C=O) groups is 1. The molecule has 0 radical (unpaired) electrons. The average Bonchev–Trinajstić information content (AvgIpc) is 2.61. The summed E-state index contributed by atoms with van der Waals surface area (Å²) in [6, 6.07) is 7.46. The molecule has 3 heteroatoms. The first-order valence-electron chi connectivity index (χ1n) is 4.85. The molecule has 0 spiro atoms. The highest BCUT2D eigenvalue weighted by molar-refractivity contribution is 6.32. The lowest BCUT2D eigenvalue weighted by Gasteiger charge is -2.28. The Morgan fingerprint density at radius 3 is 2.67 bits per heavy atom. The summed E-state index contributed by atoms with van der Waals surface area (Å²) < 4.78 is 0. The number of ketones is 1. The Kier molecular flexibility index (Phi) is 2.63. The van der Waals surface area contributed by atoms with Gasteiger partial charge in [-0.2, -0.15) is 0 Å². The second-order valence-electron chi connectivity index (χ2n) is 3.61. The fraction of sp³-hybridized carbons (Fsp3) is 0.250. The number of halogens is 1. The summed E-state index contributed by atoms with van der Waals surface area (Å²) in [5, 5.41) is 3.72. The van der Waals surface area contributed by atoms with Gasteiger partial charge in [0.25, 0.3) is 0 Å². The second kappa shape index (κ2) is 3.80. The molecule has 1 aliphatic carbocycles. The molecule has 0 aromatic heterocycles. The van der Waals surface area contributed by atoms with Crippen LogP contribution in [0.4, 0.5) is 0 Å². The first kappa shape index (κ1) is 10.4. The van der Waals surface area contributed by atoms with Crippen molar-refractivity contribution in [3.63, 3.8) is 0 Å². The predicted octanol–water partition coefficient (Wildman–Crippen LogP) is 2.28. The van der Waals surface area contributed by atoms with E-state index in [0.29, 0.717) is 11.4 Å². The Labute approximate surface area is 93.9 Å². The van der Waals surface area contributed by atoms with Crippen LogP contribution in [0, 0.1) is 0 Å². The Morgan fingerprint density at radius 1 is 1.40 bits per heavy atom. The maximum atomic E-state index is 11.9. The van der Waals surface area contributed by atoms with Crippen molar-refractivity contribution in [1.29, 1.82) is 0 Å². The first-order valence-corrected chi connectivity index (χ1v) is 5.23. The zero-order valence-corrected chi connectivity index (χ0v) is 9.21. The predicted molar refractivity (Wildman–Crippen MR) is 61.0 cm³/mol. The highest BCUT2D eigenvalue weighted by atomic mass is 35.5. The Morgan fingerprint density at radius 2 is 2.13 bits per heavy atom. The zero-order chi connectivity index (χ0) is 10.9. The number of nitrogens with one attached hydrogen (secondary N) is 1. The van der Waals surface area contributed by atoms with Gasteiger partial charge < -0.3 is 5.32 Å². The van der Waals surface area contributed by atoms with Crippen LogP contribution >= 0.6 is 11.6 Å². The van der Waals surface area contributed by atoms with Gasteiger partial charge in [0.1, 0.15) is 5.54 Å². The normalized spacial score (nSPS) is 24.8. The molecule has 0 fully saturated rings. The van der Waals surface area contributed by atoms with Crippen LogP contribution < -0.4 is 5.32 Å². The van der Waals surface area contributed by atoms with Gasteiger partial charge in [0.2, 0.25) is 0 Å². The van der Waals surface area contributed by atoms with Gasteiger partial charge in [-0.1, -0.05) is 35.9 Å². The molecular weight excluding hydrogens is 210 g/mol. The van der Waals surface area contributed by atoms with Crippen LogP contribution in [0.3, 0.4) is 0 Å². The van der Waals surface area contributed by atoms with Gasteiger partial charge in [-0.25, -0.2) is 0 Å². The minimum Gasteiger partial charge on any atom is -0.304 e. The lowest BCUT2D eigenvalue weighted by Crippen LogP contribution is -2.44. The third kappa shape index (κ3) is 1.50. The average molecular weight is 222 g/mol. The molecule has 2 rings (SSSR count). The number of carbonyl (C=O) groups excluding carboxylic acids is 1. The summed E-state index contributed by atoms with van der Waals surface area (Å²) in [5.74, 6) is 0.0677. The van der Waals surface area contributed by atoms with E-state index < -0.39 is 5.54 Å². The Hall–Kier alpha value is -1.12. The third-order valence-electron chi connectivity index (χ3n) is 2.87. The largest absolute Gasteiger partial charge is 0.304 e. The van der Waals surface area contributed by atoms with E-state index in [1.807, 2.05) is 30.3 Å². The van der Waals surface area contributed by atoms with Crippen LogP contribution in [-0.4, -0.2) is 12.8 Å². The van der Waals surface area contributed by atoms with Crippen LogP contribution in [-0.2, 0) is 10.3 Å². The summed E-state index contributed by atoms with van der Waals surface area (Å²) >= 11 is 6.12. The summed E-state index contributed by atoms with van der Waals surface area (Å²) in [4.78, 5) is 11.9. The monoisotopic (exact) mass is 221 g/mol. The van der Waals surface area contributed by atoms with Crippen LogP contribution in [0.25, 0.3) is 0 Å². The lowest BCUT2D eigenvalue weighted by atomic mass is 9.86. The quantitative estimate of drug-likeness (QED) is 0.830.